The topological polar surface area (TPSA) is 42.2 Å². The van der Waals surface area contributed by atoms with Crippen LogP contribution in [0.25, 0.3) is 0 Å². The van der Waals surface area contributed by atoms with Gasteiger partial charge in [-0.3, -0.25) is 4.79 Å². The molecule has 1 aromatic heterocycles. The smallest absolute Gasteiger partial charge is 0.254 e. The zero-order chi connectivity index (χ0) is 11.4. The molecule has 1 rings (SSSR count). The van der Waals surface area contributed by atoms with E-state index in [1.54, 1.807) is 13.0 Å². The molecule has 3 nitrogen and oxygen atoms in total. The van der Waals surface area contributed by atoms with Crippen molar-refractivity contribution < 1.29 is 9.21 Å². The Hall–Kier alpha value is -0.960. The van der Waals surface area contributed by atoms with Gasteiger partial charge in [-0.25, -0.2) is 0 Å². The maximum atomic E-state index is 11.7. The fourth-order valence-electron chi connectivity index (χ4n) is 1.27. The van der Waals surface area contributed by atoms with Gasteiger partial charge in [0.1, 0.15) is 11.5 Å². The summed E-state index contributed by atoms with van der Waals surface area (Å²) >= 11 is 5.65. The van der Waals surface area contributed by atoms with Gasteiger partial charge in [-0.05, 0) is 25.8 Å². The first kappa shape index (κ1) is 12.1. The number of hydrogen-bond donors (Lipinski definition) is 1. The summed E-state index contributed by atoms with van der Waals surface area (Å²) in [5.41, 5.74) is 0.606. The third-order valence-electron chi connectivity index (χ3n) is 2.16. The Morgan fingerprint density at radius 2 is 2.27 bits per heavy atom. The van der Waals surface area contributed by atoms with Crippen LogP contribution in [-0.4, -0.2) is 18.3 Å². The van der Waals surface area contributed by atoms with Crippen LogP contribution in [0.1, 0.15) is 28.8 Å². The van der Waals surface area contributed by atoms with Gasteiger partial charge in [0.25, 0.3) is 5.91 Å². The molecule has 1 aromatic rings. The minimum absolute atomic E-state index is 0.0960. The van der Waals surface area contributed by atoms with Crippen LogP contribution in [0.4, 0.5) is 0 Å². The maximum Gasteiger partial charge on any atom is 0.254 e. The zero-order valence-electron chi connectivity index (χ0n) is 9.26. The van der Waals surface area contributed by atoms with Gasteiger partial charge in [0.05, 0.1) is 5.56 Å². The lowest BCUT2D eigenvalue weighted by Gasteiger charge is -2.08. The standard InChI is InChI=1S/C11H16ClNO2/c1-7(5-12)6-13-11(14)10-4-8(2)15-9(10)3/h4,7H,5-6H2,1-3H3,(H,13,14). The average Bonchev–Trinajstić information content (AvgIpc) is 2.53. The summed E-state index contributed by atoms with van der Waals surface area (Å²) in [6.07, 6.45) is 0. The molecule has 0 spiro atoms. The quantitative estimate of drug-likeness (QED) is 0.807. The Balaban J connectivity index is 2.58. The Bertz CT molecular complexity index is 346. The Labute approximate surface area is 94.8 Å². The number of amides is 1. The fraction of sp³-hybridized carbons (Fsp3) is 0.545. The second kappa shape index (κ2) is 5.21. The van der Waals surface area contributed by atoms with E-state index in [0.717, 1.165) is 5.76 Å². The summed E-state index contributed by atoms with van der Waals surface area (Å²) in [4.78, 5) is 11.7. The molecule has 84 valence electrons. The van der Waals surface area contributed by atoms with Crippen molar-refractivity contribution >= 4 is 17.5 Å². The van der Waals surface area contributed by atoms with Crippen LogP contribution in [0.3, 0.4) is 0 Å². The molecule has 0 saturated carbocycles. The van der Waals surface area contributed by atoms with Gasteiger partial charge >= 0.3 is 0 Å². The van der Waals surface area contributed by atoms with Gasteiger partial charge in [0.15, 0.2) is 0 Å². The monoisotopic (exact) mass is 229 g/mol. The summed E-state index contributed by atoms with van der Waals surface area (Å²) in [5, 5.41) is 2.82. The first-order chi connectivity index (χ1) is 7.04. The molecule has 0 bridgehead atoms. The Morgan fingerprint density at radius 3 is 2.73 bits per heavy atom. The second-order valence-electron chi connectivity index (χ2n) is 3.80. The predicted molar refractivity (Wildman–Crippen MR) is 60.4 cm³/mol. The normalized spacial score (nSPS) is 12.5. The molecule has 0 aliphatic heterocycles. The van der Waals surface area contributed by atoms with Crippen LogP contribution in [0, 0.1) is 19.8 Å². The van der Waals surface area contributed by atoms with Crippen molar-refractivity contribution in [1.29, 1.82) is 0 Å². The predicted octanol–water partition coefficient (Wildman–Crippen LogP) is 2.50. The van der Waals surface area contributed by atoms with E-state index >= 15 is 0 Å². The van der Waals surface area contributed by atoms with Crippen molar-refractivity contribution in [3.63, 3.8) is 0 Å². The molecule has 1 heterocycles. The van der Waals surface area contributed by atoms with Gasteiger partial charge in [0, 0.05) is 12.4 Å². The molecular weight excluding hydrogens is 214 g/mol. The summed E-state index contributed by atoms with van der Waals surface area (Å²) in [6.45, 7) is 6.19. The lowest BCUT2D eigenvalue weighted by Crippen LogP contribution is -2.28. The molecular formula is C11H16ClNO2. The molecule has 0 radical (unpaired) electrons. The van der Waals surface area contributed by atoms with Gasteiger partial charge < -0.3 is 9.73 Å². The average molecular weight is 230 g/mol. The van der Waals surface area contributed by atoms with Crippen molar-refractivity contribution in [3.8, 4) is 0 Å². The highest BCUT2D eigenvalue weighted by Gasteiger charge is 2.13. The third-order valence-corrected chi connectivity index (χ3v) is 2.69. The van der Waals surface area contributed by atoms with Crippen LogP contribution in [0.5, 0.6) is 0 Å². The maximum absolute atomic E-state index is 11.7. The number of nitrogens with one attached hydrogen (secondary N) is 1. The Morgan fingerprint density at radius 1 is 1.60 bits per heavy atom. The van der Waals surface area contributed by atoms with Gasteiger partial charge in [-0.2, -0.15) is 0 Å². The number of carbonyl (C=O) groups is 1. The second-order valence-corrected chi connectivity index (χ2v) is 4.11. The van der Waals surface area contributed by atoms with Crippen molar-refractivity contribution in [2.24, 2.45) is 5.92 Å². The van der Waals surface area contributed by atoms with E-state index < -0.39 is 0 Å². The van der Waals surface area contributed by atoms with Crippen LogP contribution in [0.15, 0.2) is 10.5 Å². The third kappa shape index (κ3) is 3.27. The number of furan rings is 1. The first-order valence-corrected chi connectivity index (χ1v) is 5.49. The van der Waals surface area contributed by atoms with Gasteiger partial charge in [-0.1, -0.05) is 6.92 Å². The minimum atomic E-state index is -0.0960. The van der Waals surface area contributed by atoms with E-state index in [1.165, 1.54) is 0 Å². The van der Waals surface area contributed by atoms with Gasteiger partial charge in [-0.15, -0.1) is 11.6 Å². The van der Waals surface area contributed by atoms with E-state index in [-0.39, 0.29) is 11.8 Å². The van der Waals surface area contributed by atoms with Crippen LogP contribution >= 0.6 is 11.6 Å². The molecule has 1 atom stereocenters. The molecule has 0 aromatic carbocycles. The number of carbonyl (C=O) groups excluding carboxylic acids is 1. The molecule has 15 heavy (non-hydrogen) atoms. The van der Waals surface area contributed by atoms with Crippen molar-refractivity contribution in [2.75, 3.05) is 12.4 Å². The highest BCUT2D eigenvalue weighted by atomic mass is 35.5. The molecule has 1 unspecified atom stereocenters. The summed E-state index contributed by atoms with van der Waals surface area (Å²) in [5.74, 6) is 2.14. The highest BCUT2D eigenvalue weighted by molar-refractivity contribution is 6.18. The molecule has 1 N–H and O–H groups in total. The zero-order valence-corrected chi connectivity index (χ0v) is 10.0. The number of rotatable bonds is 4. The van der Waals surface area contributed by atoms with Crippen LogP contribution < -0.4 is 5.32 Å². The van der Waals surface area contributed by atoms with Crippen molar-refractivity contribution in [3.05, 3.63) is 23.2 Å². The van der Waals surface area contributed by atoms with E-state index in [2.05, 4.69) is 5.32 Å². The SMILES string of the molecule is Cc1cc(C(=O)NCC(C)CCl)c(C)o1. The van der Waals surface area contributed by atoms with E-state index in [9.17, 15) is 4.79 Å². The largest absolute Gasteiger partial charge is 0.466 e. The van der Waals surface area contributed by atoms with Crippen LogP contribution in [-0.2, 0) is 0 Å². The number of halogens is 1. The molecule has 0 aliphatic carbocycles. The Kier molecular flexibility index (Phi) is 4.21. The molecule has 0 fully saturated rings. The summed E-state index contributed by atoms with van der Waals surface area (Å²) < 4.78 is 5.28. The highest BCUT2D eigenvalue weighted by Crippen LogP contribution is 2.13. The van der Waals surface area contributed by atoms with Crippen LogP contribution in [0.2, 0.25) is 0 Å². The lowest BCUT2D eigenvalue weighted by molar-refractivity contribution is 0.0947. The van der Waals surface area contributed by atoms with E-state index in [4.69, 9.17) is 16.0 Å². The van der Waals surface area contributed by atoms with E-state index in [1.807, 2.05) is 13.8 Å². The minimum Gasteiger partial charge on any atom is -0.466 e. The van der Waals surface area contributed by atoms with Crippen molar-refractivity contribution in [1.82, 2.24) is 5.32 Å². The lowest BCUT2D eigenvalue weighted by atomic mass is 10.2. The fourth-order valence-corrected chi connectivity index (χ4v) is 1.38. The number of hydrogen-bond acceptors (Lipinski definition) is 2. The van der Waals surface area contributed by atoms with Crippen molar-refractivity contribution in [2.45, 2.75) is 20.8 Å². The number of aryl methyl sites for hydroxylation is 2. The molecule has 0 aliphatic rings. The number of alkyl halides is 1. The molecule has 1 amide bonds. The first-order valence-electron chi connectivity index (χ1n) is 4.95. The van der Waals surface area contributed by atoms with E-state index in [0.29, 0.717) is 23.7 Å². The summed E-state index contributed by atoms with van der Waals surface area (Å²) in [6, 6.07) is 1.75. The van der Waals surface area contributed by atoms with Gasteiger partial charge in [0.2, 0.25) is 0 Å². The molecule has 0 saturated heterocycles. The molecule has 4 heteroatoms. The summed E-state index contributed by atoms with van der Waals surface area (Å²) in [7, 11) is 0.